The van der Waals surface area contributed by atoms with Crippen molar-refractivity contribution < 1.29 is 13.9 Å². The molecule has 1 N–H and O–H groups in total. The summed E-state index contributed by atoms with van der Waals surface area (Å²) in [6.45, 7) is 5.60. The van der Waals surface area contributed by atoms with E-state index < -0.39 is 17.2 Å². The van der Waals surface area contributed by atoms with Gasteiger partial charge in [-0.15, -0.1) is 0 Å². The minimum atomic E-state index is -0.542. The first kappa shape index (κ1) is 22.7. The summed E-state index contributed by atoms with van der Waals surface area (Å²) < 4.78 is 11.8. The van der Waals surface area contributed by atoms with E-state index in [2.05, 4.69) is 35.7 Å². The number of carbonyl (C=O) groups is 1. The standard InChI is InChI=1S/C30H28N2O3/c1-29(2,3)35-28(33)32-30(16-7-17-30)23-13-11-22(12-14-23)27-26(21-8-5-4-6-9-21)24-18-20(19-31)10-15-25(24)34-27/h4-6,8-15,18H,7,16-17H2,1-3H3,(H,32,33). The SMILES string of the molecule is CC(C)(C)OC(=O)NC1(c2ccc(-c3oc4ccc(C#N)cc4c3-c3ccccc3)cc2)CCC1. The van der Waals surface area contributed by atoms with Gasteiger partial charge in [0.1, 0.15) is 16.9 Å². The van der Waals surface area contributed by atoms with Crippen molar-refractivity contribution >= 4 is 17.1 Å². The third-order valence-electron chi connectivity index (χ3n) is 6.53. The van der Waals surface area contributed by atoms with Gasteiger partial charge in [0.25, 0.3) is 0 Å². The maximum absolute atomic E-state index is 12.5. The van der Waals surface area contributed by atoms with Crippen molar-refractivity contribution in [2.24, 2.45) is 0 Å². The zero-order valence-electron chi connectivity index (χ0n) is 20.2. The summed E-state index contributed by atoms with van der Waals surface area (Å²) in [5, 5.41) is 13.5. The number of amides is 1. The summed E-state index contributed by atoms with van der Waals surface area (Å²) in [6, 6.07) is 26.0. The normalized spacial score (nSPS) is 14.7. The fraction of sp³-hybridized carbons (Fsp3) is 0.267. The number of fused-ring (bicyclic) bond motifs is 1. The molecule has 1 aliphatic rings. The first-order valence-corrected chi connectivity index (χ1v) is 11.9. The molecule has 1 fully saturated rings. The lowest BCUT2D eigenvalue weighted by Gasteiger charge is -2.43. The molecule has 176 valence electrons. The first-order chi connectivity index (χ1) is 16.8. The van der Waals surface area contributed by atoms with Crippen molar-refractivity contribution in [3.8, 4) is 28.5 Å². The summed E-state index contributed by atoms with van der Waals surface area (Å²) in [5.74, 6) is 0.760. The van der Waals surface area contributed by atoms with E-state index in [0.29, 0.717) is 5.56 Å². The molecular weight excluding hydrogens is 436 g/mol. The molecule has 1 saturated carbocycles. The van der Waals surface area contributed by atoms with Crippen LogP contribution in [0.1, 0.15) is 51.2 Å². The van der Waals surface area contributed by atoms with Gasteiger partial charge in [-0.3, -0.25) is 0 Å². The highest BCUT2D eigenvalue weighted by atomic mass is 16.6. The largest absolute Gasteiger partial charge is 0.455 e. The summed E-state index contributed by atoms with van der Waals surface area (Å²) in [7, 11) is 0. The number of rotatable bonds is 4. The van der Waals surface area contributed by atoms with Gasteiger partial charge in [0, 0.05) is 16.5 Å². The van der Waals surface area contributed by atoms with Crippen molar-refractivity contribution in [1.82, 2.24) is 5.32 Å². The van der Waals surface area contributed by atoms with Crippen molar-refractivity contribution in [2.45, 2.75) is 51.2 Å². The molecular formula is C30H28N2O3. The minimum Gasteiger partial charge on any atom is -0.455 e. The Morgan fingerprint density at radius 3 is 2.31 bits per heavy atom. The number of hydrogen-bond donors (Lipinski definition) is 1. The van der Waals surface area contributed by atoms with Crippen LogP contribution in [0.2, 0.25) is 0 Å². The van der Waals surface area contributed by atoms with E-state index >= 15 is 0 Å². The van der Waals surface area contributed by atoms with Crippen LogP contribution in [-0.2, 0) is 10.3 Å². The first-order valence-electron chi connectivity index (χ1n) is 11.9. The van der Waals surface area contributed by atoms with Gasteiger partial charge in [0.15, 0.2) is 0 Å². The van der Waals surface area contributed by atoms with Crippen LogP contribution in [0.4, 0.5) is 4.79 Å². The molecule has 0 aliphatic heterocycles. The Hall–Kier alpha value is -4.04. The van der Waals surface area contributed by atoms with E-state index in [9.17, 15) is 10.1 Å². The van der Waals surface area contributed by atoms with E-state index in [0.717, 1.165) is 58.2 Å². The molecule has 0 bridgehead atoms. The van der Waals surface area contributed by atoms with Gasteiger partial charge in [-0.25, -0.2) is 4.79 Å². The smallest absolute Gasteiger partial charge is 0.408 e. The van der Waals surface area contributed by atoms with Crippen LogP contribution in [-0.4, -0.2) is 11.7 Å². The van der Waals surface area contributed by atoms with Crippen molar-refractivity contribution in [3.63, 3.8) is 0 Å². The number of hydrogen-bond acceptors (Lipinski definition) is 4. The predicted molar refractivity (Wildman–Crippen MR) is 137 cm³/mol. The van der Waals surface area contributed by atoms with Crippen LogP contribution in [0.3, 0.4) is 0 Å². The Morgan fingerprint density at radius 2 is 1.71 bits per heavy atom. The third kappa shape index (κ3) is 4.40. The van der Waals surface area contributed by atoms with Crippen LogP contribution >= 0.6 is 0 Å². The van der Waals surface area contributed by atoms with Crippen LogP contribution in [0.5, 0.6) is 0 Å². The summed E-state index contributed by atoms with van der Waals surface area (Å²) in [5.41, 5.74) is 4.38. The molecule has 0 unspecified atom stereocenters. The van der Waals surface area contributed by atoms with Crippen LogP contribution in [0, 0.1) is 11.3 Å². The lowest BCUT2D eigenvalue weighted by molar-refractivity contribution is 0.0377. The van der Waals surface area contributed by atoms with Gasteiger partial charge in [0.2, 0.25) is 0 Å². The number of nitriles is 1. The highest BCUT2D eigenvalue weighted by molar-refractivity contribution is 6.02. The van der Waals surface area contributed by atoms with Crippen molar-refractivity contribution in [3.05, 3.63) is 83.9 Å². The highest BCUT2D eigenvalue weighted by Crippen LogP contribution is 2.44. The third-order valence-corrected chi connectivity index (χ3v) is 6.53. The summed E-state index contributed by atoms with van der Waals surface area (Å²) >= 11 is 0. The molecule has 3 aromatic carbocycles. The van der Waals surface area contributed by atoms with Crippen molar-refractivity contribution in [2.75, 3.05) is 0 Å². The maximum atomic E-state index is 12.5. The molecule has 0 saturated heterocycles. The van der Waals surface area contributed by atoms with Gasteiger partial charge in [-0.1, -0.05) is 54.6 Å². The zero-order valence-corrected chi connectivity index (χ0v) is 20.2. The zero-order chi connectivity index (χ0) is 24.6. The van der Waals surface area contributed by atoms with Crippen LogP contribution < -0.4 is 5.32 Å². The Bertz CT molecular complexity index is 1420. The monoisotopic (exact) mass is 464 g/mol. The van der Waals surface area contributed by atoms with Gasteiger partial charge in [-0.2, -0.15) is 5.26 Å². The van der Waals surface area contributed by atoms with E-state index in [1.165, 1.54) is 0 Å². The summed E-state index contributed by atoms with van der Waals surface area (Å²) in [4.78, 5) is 12.5. The molecule has 5 nitrogen and oxygen atoms in total. The number of ether oxygens (including phenoxy) is 1. The molecule has 5 rings (SSSR count). The Kier molecular flexibility index (Phi) is 5.61. The fourth-order valence-electron chi connectivity index (χ4n) is 4.72. The molecule has 1 heterocycles. The number of nitrogens with zero attached hydrogens (tertiary/aromatic N) is 1. The number of alkyl carbamates (subject to hydrolysis) is 1. The lowest BCUT2D eigenvalue weighted by Crippen LogP contribution is -2.52. The van der Waals surface area contributed by atoms with Gasteiger partial charge < -0.3 is 14.5 Å². The molecule has 0 atom stereocenters. The van der Waals surface area contributed by atoms with Crippen LogP contribution in [0.15, 0.2) is 77.2 Å². The molecule has 5 heteroatoms. The maximum Gasteiger partial charge on any atom is 0.408 e. The van der Waals surface area contributed by atoms with Gasteiger partial charge in [-0.05, 0) is 69.4 Å². The second-order valence-corrected chi connectivity index (χ2v) is 10.1. The summed E-state index contributed by atoms with van der Waals surface area (Å²) in [6.07, 6.45) is 2.42. The van der Waals surface area contributed by atoms with Gasteiger partial charge >= 0.3 is 6.09 Å². The predicted octanol–water partition coefficient (Wildman–Crippen LogP) is 7.54. The molecule has 4 aromatic rings. The Labute approximate surface area is 205 Å². The molecule has 0 radical (unpaired) electrons. The lowest BCUT2D eigenvalue weighted by atomic mass is 9.71. The van der Waals surface area contributed by atoms with Crippen LogP contribution in [0.25, 0.3) is 33.4 Å². The average Bonchev–Trinajstić information content (AvgIpc) is 3.19. The highest BCUT2D eigenvalue weighted by Gasteiger charge is 2.41. The fourth-order valence-corrected chi connectivity index (χ4v) is 4.72. The minimum absolute atomic E-state index is 0.391. The molecule has 1 aromatic heterocycles. The van der Waals surface area contributed by atoms with E-state index in [1.807, 2.05) is 63.2 Å². The quantitative estimate of drug-likeness (QED) is 0.338. The Balaban J connectivity index is 1.53. The topological polar surface area (TPSA) is 75.3 Å². The molecule has 1 aliphatic carbocycles. The number of carbonyl (C=O) groups excluding carboxylic acids is 1. The number of nitrogens with one attached hydrogen (secondary N) is 1. The van der Waals surface area contributed by atoms with E-state index in [-0.39, 0.29) is 0 Å². The number of benzene rings is 3. The molecule has 1 amide bonds. The second kappa shape index (κ2) is 8.63. The molecule has 35 heavy (non-hydrogen) atoms. The number of furan rings is 1. The van der Waals surface area contributed by atoms with E-state index in [4.69, 9.17) is 9.15 Å². The Morgan fingerprint density at radius 1 is 1.00 bits per heavy atom. The van der Waals surface area contributed by atoms with E-state index in [1.54, 1.807) is 6.07 Å². The molecule has 0 spiro atoms. The van der Waals surface area contributed by atoms with Crippen molar-refractivity contribution in [1.29, 1.82) is 5.26 Å². The second-order valence-electron chi connectivity index (χ2n) is 10.1. The van der Waals surface area contributed by atoms with Gasteiger partial charge in [0.05, 0.1) is 17.2 Å². The average molecular weight is 465 g/mol.